The topological polar surface area (TPSA) is 40.6 Å². The molecule has 1 heterocycles. The van der Waals surface area contributed by atoms with Crippen LogP contribution in [0.25, 0.3) is 0 Å². The van der Waals surface area contributed by atoms with Gasteiger partial charge in [-0.25, -0.2) is 0 Å². The average Bonchev–Trinajstić information content (AvgIpc) is 3.43. The van der Waals surface area contributed by atoms with E-state index in [1.165, 1.54) is 22.3 Å². The normalized spacial score (nSPS) is 15.6. The monoisotopic (exact) mass is 466 g/mol. The largest absolute Gasteiger partial charge is 0.338 e. The maximum Gasteiger partial charge on any atom is 0.230 e. The van der Waals surface area contributed by atoms with E-state index in [1.807, 2.05) is 52.3 Å². The number of rotatable bonds is 6. The third kappa shape index (κ3) is 5.32. The molecule has 35 heavy (non-hydrogen) atoms. The Kier molecular flexibility index (Phi) is 6.98. The number of fused-ring (bicyclic) bond motifs is 1. The molecule has 1 saturated carbocycles. The van der Waals surface area contributed by atoms with Crippen molar-refractivity contribution in [2.75, 3.05) is 11.4 Å². The average molecular weight is 467 g/mol. The predicted octanol–water partition coefficient (Wildman–Crippen LogP) is 5.85. The Morgan fingerprint density at radius 1 is 0.886 bits per heavy atom. The summed E-state index contributed by atoms with van der Waals surface area (Å²) in [5.74, 6) is 0.495. The van der Waals surface area contributed by atoms with Crippen molar-refractivity contribution in [1.82, 2.24) is 4.90 Å². The summed E-state index contributed by atoms with van der Waals surface area (Å²) in [5, 5.41) is 0. The Morgan fingerprint density at radius 3 is 2.31 bits per heavy atom. The zero-order chi connectivity index (χ0) is 24.2. The van der Waals surface area contributed by atoms with Crippen LogP contribution >= 0.6 is 0 Å². The van der Waals surface area contributed by atoms with Gasteiger partial charge in [0.1, 0.15) is 0 Å². The van der Waals surface area contributed by atoms with E-state index in [1.54, 1.807) is 0 Å². The van der Waals surface area contributed by atoms with Gasteiger partial charge < -0.3 is 9.80 Å². The molecule has 0 spiro atoms. The molecule has 2 amide bonds. The van der Waals surface area contributed by atoms with Gasteiger partial charge in [0.25, 0.3) is 0 Å². The minimum atomic E-state index is 0.113. The van der Waals surface area contributed by atoms with E-state index in [0.717, 1.165) is 49.9 Å². The summed E-state index contributed by atoms with van der Waals surface area (Å²) in [6.07, 6.45) is 5.53. The summed E-state index contributed by atoms with van der Waals surface area (Å²) in [6.45, 7) is 4.13. The van der Waals surface area contributed by atoms with Crippen molar-refractivity contribution in [2.24, 2.45) is 5.92 Å². The molecule has 2 aliphatic rings. The van der Waals surface area contributed by atoms with Gasteiger partial charge in [0, 0.05) is 24.7 Å². The van der Waals surface area contributed by atoms with Gasteiger partial charge in [-0.15, -0.1) is 0 Å². The Balaban J connectivity index is 1.30. The fraction of sp³-hybridized carbons (Fsp3) is 0.355. The summed E-state index contributed by atoms with van der Waals surface area (Å²) in [6, 6.07) is 24.7. The van der Waals surface area contributed by atoms with Gasteiger partial charge in [0.2, 0.25) is 11.8 Å². The minimum absolute atomic E-state index is 0.113. The van der Waals surface area contributed by atoms with E-state index in [-0.39, 0.29) is 17.7 Å². The van der Waals surface area contributed by atoms with Crippen LogP contribution in [0.15, 0.2) is 72.8 Å². The van der Waals surface area contributed by atoms with E-state index < -0.39 is 0 Å². The minimum Gasteiger partial charge on any atom is -0.338 e. The van der Waals surface area contributed by atoms with Crippen LogP contribution in [0.1, 0.15) is 53.5 Å². The van der Waals surface area contributed by atoms with Crippen LogP contribution in [0.3, 0.4) is 0 Å². The SMILES string of the molecule is Cc1ccccc1CN(C(=O)C1CCCC1)c1ccc(CC(=O)N2CCc3ccccc3C2)cc1. The van der Waals surface area contributed by atoms with Crippen molar-refractivity contribution in [1.29, 1.82) is 0 Å². The number of carbonyl (C=O) groups is 2. The van der Waals surface area contributed by atoms with Crippen LogP contribution in [0.2, 0.25) is 0 Å². The number of aryl methyl sites for hydroxylation is 1. The second kappa shape index (κ2) is 10.5. The first kappa shape index (κ1) is 23.3. The van der Waals surface area contributed by atoms with Gasteiger partial charge >= 0.3 is 0 Å². The molecule has 0 N–H and O–H groups in total. The fourth-order valence-corrected chi connectivity index (χ4v) is 5.44. The van der Waals surface area contributed by atoms with Crippen LogP contribution in [0.5, 0.6) is 0 Å². The van der Waals surface area contributed by atoms with E-state index in [4.69, 9.17) is 0 Å². The smallest absolute Gasteiger partial charge is 0.230 e. The lowest BCUT2D eigenvalue weighted by molar-refractivity contribution is -0.131. The van der Waals surface area contributed by atoms with Crippen molar-refractivity contribution in [3.63, 3.8) is 0 Å². The second-order valence-electron chi connectivity index (χ2n) is 10.0. The lowest BCUT2D eigenvalue weighted by Crippen LogP contribution is -2.37. The van der Waals surface area contributed by atoms with Crippen LogP contribution in [0, 0.1) is 12.8 Å². The molecule has 4 nitrogen and oxygen atoms in total. The Bertz CT molecular complexity index is 1190. The van der Waals surface area contributed by atoms with Crippen molar-refractivity contribution < 1.29 is 9.59 Å². The predicted molar refractivity (Wildman–Crippen MR) is 140 cm³/mol. The van der Waals surface area contributed by atoms with Crippen molar-refractivity contribution in [3.8, 4) is 0 Å². The molecule has 0 saturated heterocycles. The number of nitrogens with zero attached hydrogens (tertiary/aromatic N) is 2. The highest BCUT2D eigenvalue weighted by atomic mass is 16.2. The molecule has 1 fully saturated rings. The Morgan fingerprint density at radius 2 is 1.57 bits per heavy atom. The van der Waals surface area contributed by atoms with E-state index in [9.17, 15) is 9.59 Å². The molecule has 1 aliphatic heterocycles. The van der Waals surface area contributed by atoms with Crippen LogP contribution in [0.4, 0.5) is 5.69 Å². The number of hydrogen-bond donors (Lipinski definition) is 0. The van der Waals surface area contributed by atoms with E-state index in [2.05, 4.69) is 37.3 Å². The highest BCUT2D eigenvalue weighted by Gasteiger charge is 2.28. The van der Waals surface area contributed by atoms with Gasteiger partial charge in [-0.2, -0.15) is 0 Å². The summed E-state index contributed by atoms with van der Waals surface area (Å²) < 4.78 is 0. The number of benzene rings is 3. The highest BCUT2D eigenvalue weighted by molar-refractivity contribution is 5.95. The first-order chi connectivity index (χ1) is 17.1. The molecule has 0 radical (unpaired) electrons. The lowest BCUT2D eigenvalue weighted by Gasteiger charge is -2.29. The number of hydrogen-bond acceptors (Lipinski definition) is 2. The summed E-state index contributed by atoms with van der Waals surface area (Å²) >= 11 is 0. The molecule has 3 aromatic rings. The Labute approximate surface area is 208 Å². The number of carbonyl (C=O) groups excluding carboxylic acids is 2. The number of amides is 2. The molecular weight excluding hydrogens is 432 g/mol. The second-order valence-corrected chi connectivity index (χ2v) is 10.0. The molecule has 0 aromatic heterocycles. The molecule has 0 bridgehead atoms. The van der Waals surface area contributed by atoms with Crippen molar-refractivity contribution in [2.45, 2.75) is 58.5 Å². The standard InChI is InChI=1S/C31H34N2O2/c1-23-8-2-3-12-27(23)22-33(31(35)26-10-5-6-11-26)29-16-14-24(15-17-29)20-30(34)32-19-18-25-9-4-7-13-28(25)21-32/h2-4,7-9,12-17,26H,5-6,10-11,18-22H2,1H3. The molecule has 0 unspecified atom stereocenters. The fourth-order valence-electron chi connectivity index (χ4n) is 5.44. The third-order valence-electron chi connectivity index (χ3n) is 7.65. The molecule has 4 heteroatoms. The van der Waals surface area contributed by atoms with Crippen molar-refractivity contribution >= 4 is 17.5 Å². The van der Waals surface area contributed by atoms with Gasteiger partial charge in [-0.05, 0) is 66.1 Å². The van der Waals surface area contributed by atoms with Crippen LogP contribution in [-0.2, 0) is 35.5 Å². The first-order valence-corrected chi connectivity index (χ1v) is 12.9. The zero-order valence-corrected chi connectivity index (χ0v) is 20.6. The molecule has 1 aliphatic carbocycles. The van der Waals surface area contributed by atoms with Crippen LogP contribution in [-0.4, -0.2) is 23.3 Å². The quantitative estimate of drug-likeness (QED) is 0.457. The van der Waals surface area contributed by atoms with Gasteiger partial charge in [-0.3, -0.25) is 9.59 Å². The third-order valence-corrected chi connectivity index (χ3v) is 7.65. The maximum atomic E-state index is 13.5. The van der Waals surface area contributed by atoms with Crippen LogP contribution < -0.4 is 4.90 Å². The van der Waals surface area contributed by atoms with Gasteiger partial charge in [-0.1, -0.05) is 73.5 Å². The molecular formula is C31H34N2O2. The molecule has 0 atom stereocenters. The molecule has 180 valence electrons. The first-order valence-electron chi connectivity index (χ1n) is 12.9. The lowest BCUT2D eigenvalue weighted by atomic mass is 9.99. The molecule has 3 aromatic carbocycles. The van der Waals surface area contributed by atoms with Gasteiger partial charge in [0.15, 0.2) is 0 Å². The highest BCUT2D eigenvalue weighted by Crippen LogP contribution is 2.30. The molecule has 5 rings (SSSR count). The van der Waals surface area contributed by atoms with Gasteiger partial charge in [0.05, 0.1) is 13.0 Å². The number of anilines is 1. The summed E-state index contributed by atoms with van der Waals surface area (Å²) in [7, 11) is 0. The van der Waals surface area contributed by atoms with Crippen molar-refractivity contribution in [3.05, 3.63) is 101 Å². The summed E-state index contributed by atoms with van der Waals surface area (Å²) in [5.41, 5.74) is 6.86. The zero-order valence-electron chi connectivity index (χ0n) is 20.6. The summed E-state index contributed by atoms with van der Waals surface area (Å²) in [4.78, 5) is 30.4. The van der Waals surface area contributed by atoms with E-state index >= 15 is 0 Å². The van der Waals surface area contributed by atoms with E-state index in [0.29, 0.717) is 19.5 Å². The Hall–Kier alpha value is -3.40. The maximum absolute atomic E-state index is 13.5.